The summed E-state index contributed by atoms with van der Waals surface area (Å²) in [6.45, 7) is 9.24. The molecule has 0 spiro atoms. The van der Waals surface area contributed by atoms with Crippen LogP contribution < -0.4 is 0 Å². The Morgan fingerprint density at radius 1 is 0.774 bits per heavy atom. The first kappa shape index (κ1) is 24.9. The second kappa shape index (κ2) is 13.7. The molecule has 0 aromatic heterocycles. The minimum Gasteiger partial charge on any atom is -0.0993 e. The predicted molar refractivity (Wildman–Crippen MR) is 138 cm³/mol. The van der Waals surface area contributed by atoms with Crippen molar-refractivity contribution < 1.29 is 0 Å². The van der Waals surface area contributed by atoms with Crippen LogP contribution in [0.1, 0.15) is 123 Å². The van der Waals surface area contributed by atoms with E-state index in [1.54, 1.807) is 5.57 Å². The van der Waals surface area contributed by atoms with Gasteiger partial charge in [0.1, 0.15) is 0 Å². The number of hydrogen-bond acceptors (Lipinski definition) is 0. The summed E-state index contributed by atoms with van der Waals surface area (Å²) in [6.07, 6.45) is 33.8. The highest BCUT2D eigenvalue weighted by Gasteiger charge is 2.32. The summed E-state index contributed by atoms with van der Waals surface area (Å²) in [5, 5.41) is 0. The zero-order valence-electron chi connectivity index (χ0n) is 21.0. The van der Waals surface area contributed by atoms with Gasteiger partial charge in [-0.15, -0.1) is 0 Å². The summed E-state index contributed by atoms with van der Waals surface area (Å²) >= 11 is 0. The summed E-state index contributed by atoms with van der Waals surface area (Å²) in [6, 6.07) is 0. The lowest BCUT2D eigenvalue weighted by molar-refractivity contribution is 0.217. The van der Waals surface area contributed by atoms with Crippen molar-refractivity contribution in [2.75, 3.05) is 0 Å². The van der Waals surface area contributed by atoms with Crippen molar-refractivity contribution in [3.8, 4) is 0 Å². The third-order valence-electron chi connectivity index (χ3n) is 9.31. The highest BCUT2D eigenvalue weighted by atomic mass is 14.4. The smallest absolute Gasteiger partial charge is 0.0175 e. The van der Waals surface area contributed by atoms with Crippen LogP contribution in [0, 0.1) is 35.5 Å². The Hall–Kier alpha value is -0.780. The number of hydrogen-bond donors (Lipinski definition) is 0. The average Bonchev–Trinajstić information content (AvgIpc) is 2.83. The van der Waals surface area contributed by atoms with Gasteiger partial charge in [-0.05, 0) is 132 Å². The third-order valence-corrected chi connectivity index (χ3v) is 9.31. The van der Waals surface area contributed by atoms with Crippen LogP contribution >= 0.6 is 0 Å². The highest BCUT2D eigenvalue weighted by molar-refractivity contribution is 5.10. The van der Waals surface area contributed by atoms with Gasteiger partial charge in [0.25, 0.3) is 0 Å². The molecule has 2 unspecified atom stereocenters. The van der Waals surface area contributed by atoms with Crippen molar-refractivity contribution in [2.45, 2.75) is 123 Å². The third kappa shape index (κ3) is 7.94. The molecule has 3 rings (SSSR count). The maximum absolute atomic E-state index is 4.72. The Morgan fingerprint density at radius 2 is 1.45 bits per heavy atom. The number of rotatable bonds is 10. The van der Waals surface area contributed by atoms with E-state index in [0.29, 0.717) is 0 Å². The van der Waals surface area contributed by atoms with Gasteiger partial charge in [-0.1, -0.05) is 62.6 Å². The molecule has 0 aliphatic heterocycles. The molecule has 31 heavy (non-hydrogen) atoms. The minimum atomic E-state index is 0.831. The molecule has 0 saturated heterocycles. The van der Waals surface area contributed by atoms with E-state index in [2.05, 4.69) is 38.2 Å². The van der Waals surface area contributed by atoms with E-state index in [4.69, 9.17) is 6.58 Å². The van der Waals surface area contributed by atoms with Gasteiger partial charge in [-0.2, -0.15) is 0 Å². The van der Waals surface area contributed by atoms with Crippen LogP contribution in [0.2, 0.25) is 0 Å². The summed E-state index contributed by atoms with van der Waals surface area (Å²) in [4.78, 5) is 0. The topological polar surface area (TPSA) is 0 Å². The van der Waals surface area contributed by atoms with Crippen molar-refractivity contribution in [1.29, 1.82) is 0 Å². The average molecular weight is 425 g/mol. The van der Waals surface area contributed by atoms with Gasteiger partial charge in [0, 0.05) is 0 Å². The van der Waals surface area contributed by atoms with Gasteiger partial charge in [-0.3, -0.25) is 0 Å². The summed E-state index contributed by atoms with van der Waals surface area (Å²) in [7, 11) is 0. The maximum atomic E-state index is 4.72. The fraction of sp³-hybridized carbons (Fsp3) is 0.806. The van der Waals surface area contributed by atoms with E-state index in [9.17, 15) is 0 Å². The van der Waals surface area contributed by atoms with Crippen LogP contribution in [-0.2, 0) is 0 Å². The van der Waals surface area contributed by atoms with Crippen LogP contribution in [-0.4, -0.2) is 0 Å². The monoisotopic (exact) mass is 424 g/mol. The Kier molecular flexibility index (Phi) is 11.0. The Labute approximate surface area is 195 Å². The molecule has 0 radical (unpaired) electrons. The van der Waals surface area contributed by atoms with E-state index in [1.807, 2.05) is 0 Å². The van der Waals surface area contributed by atoms with Crippen molar-refractivity contribution in [3.63, 3.8) is 0 Å². The molecule has 0 aromatic carbocycles. The highest BCUT2D eigenvalue weighted by Crippen LogP contribution is 2.44. The first-order valence-corrected chi connectivity index (χ1v) is 14.2. The summed E-state index contributed by atoms with van der Waals surface area (Å²) in [5.41, 5.74) is 1.67. The van der Waals surface area contributed by atoms with Crippen LogP contribution in [0.5, 0.6) is 0 Å². The molecule has 2 atom stereocenters. The second-order valence-electron chi connectivity index (χ2n) is 11.3. The quantitative estimate of drug-likeness (QED) is 0.306. The van der Waals surface area contributed by atoms with Crippen LogP contribution in [0.25, 0.3) is 0 Å². The van der Waals surface area contributed by atoms with Gasteiger partial charge in [0.05, 0.1) is 0 Å². The summed E-state index contributed by atoms with van der Waals surface area (Å²) in [5.74, 6) is 5.44. The Balaban J connectivity index is 1.38. The molecule has 0 heterocycles. The molecule has 3 saturated carbocycles. The van der Waals surface area contributed by atoms with Gasteiger partial charge < -0.3 is 0 Å². The van der Waals surface area contributed by atoms with Gasteiger partial charge >= 0.3 is 0 Å². The lowest BCUT2D eigenvalue weighted by Gasteiger charge is -2.38. The van der Waals surface area contributed by atoms with Crippen LogP contribution in [0.15, 0.2) is 36.5 Å². The normalized spacial score (nSPS) is 35.0. The lowest BCUT2D eigenvalue weighted by Crippen LogP contribution is -2.26. The first-order chi connectivity index (χ1) is 15.2. The molecule has 0 heteroatoms. The Bertz CT molecular complexity index is 551. The largest absolute Gasteiger partial charge is 0.0993 e. The van der Waals surface area contributed by atoms with E-state index in [0.717, 1.165) is 35.5 Å². The second-order valence-corrected chi connectivity index (χ2v) is 11.3. The number of allylic oxidation sites excluding steroid dienone is 5. The zero-order valence-corrected chi connectivity index (χ0v) is 21.0. The maximum Gasteiger partial charge on any atom is -0.0175 e. The molecule has 0 N–H and O–H groups in total. The van der Waals surface area contributed by atoms with Crippen molar-refractivity contribution in [1.82, 2.24) is 0 Å². The van der Waals surface area contributed by atoms with E-state index >= 15 is 0 Å². The standard InChI is InChI=1S/C31H52/c1-4-6-7-12-27-17-19-28(20-18-27)13-8-9-14-30-15-10-11-16-31(30)25(3)29-23-21-26(5-2)22-24-29/h4,6,8,13,26-31H,3,5,7,9-12,14-24H2,1-2H3/b6-4+,13-8+. The molecular formula is C31H52. The van der Waals surface area contributed by atoms with Crippen LogP contribution in [0.4, 0.5) is 0 Å². The minimum absolute atomic E-state index is 0.831. The van der Waals surface area contributed by atoms with Gasteiger partial charge in [0.15, 0.2) is 0 Å². The zero-order chi connectivity index (χ0) is 21.9. The van der Waals surface area contributed by atoms with Crippen molar-refractivity contribution >= 4 is 0 Å². The van der Waals surface area contributed by atoms with Crippen molar-refractivity contribution in [2.24, 2.45) is 35.5 Å². The predicted octanol–water partition coefficient (Wildman–Crippen LogP) is 10.1. The molecule has 3 fully saturated rings. The fourth-order valence-electron chi connectivity index (χ4n) is 7.05. The van der Waals surface area contributed by atoms with Gasteiger partial charge in [-0.25, -0.2) is 0 Å². The molecule has 0 aromatic rings. The van der Waals surface area contributed by atoms with E-state index in [-0.39, 0.29) is 0 Å². The molecule has 0 nitrogen and oxygen atoms in total. The van der Waals surface area contributed by atoms with E-state index in [1.165, 1.54) is 109 Å². The van der Waals surface area contributed by atoms with Crippen LogP contribution in [0.3, 0.4) is 0 Å². The van der Waals surface area contributed by atoms with Crippen molar-refractivity contribution in [3.05, 3.63) is 36.5 Å². The van der Waals surface area contributed by atoms with E-state index < -0.39 is 0 Å². The molecular weight excluding hydrogens is 372 g/mol. The Morgan fingerprint density at radius 3 is 2.16 bits per heavy atom. The molecule has 3 aliphatic rings. The first-order valence-electron chi connectivity index (χ1n) is 14.2. The fourth-order valence-corrected chi connectivity index (χ4v) is 7.05. The molecule has 3 aliphatic carbocycles. The lowest BCUT2D eigenvalue weighted by atomic mass is 9.67. The summed E-state index contributed by atoms with van der Waals surface area (Å²) < 4.78 is 0. The molecule has 0 amide bonds. The SMILES string of the molecule is C=C(C1CCC(CC)CC1)C1CCCCC1CC/C=C/C1CCC(CC/C=C/C)CC1. The molecule has 176 valence electrons. The van der Waals surface area contributed by atoms with Gasteiger partial charge in [0.2, 0.25) is 0 Å². The molecule has 0 bridgehead atoms.